The van der Waals surface area contributed by atoms with Crippen LogP contribution in [0.5, 0.6) is 0 Å². The van der Waals surface area contributed by atoms with Crippen LogP contribution in [0.15, 0.2) is 18.2 Å². The molecule has 1 heterocycles. The molecule has 15 heavy (non-hydrogen) atoms. The molecule has 0 radical (unpaired) electrons. The lowest BCUT2D eigenvalue weighted by molar-refractivity contribution is 0.215. The number of nitrogens with two attached hydrogens (primary N) is 1. The molecule has 0 saturated carbocycles. The summed E-state index contributed by atoms with van der Waals surface area (Å²) < 4.78 is 0. The molecule has 0 aromatic heterocycles. The van der Waals surface area contributed by atoms with Crippen molar-refractivity contribution >= 4 is 11.7 Å². The van der Waals surface area contributed by atoms with Gasteiger partial charge in [0.1, 0.15) is 0 Å². The normalized spacial score (nSPS) is 15.5. The van der Waals surface area contributed by atoms with Crippen LogP contribution < -0.4 is 11.1 Å². The predicted octanol–water partition coefficient (Wildman–Crippen LogP) is 1.10. The van der Waals surface area contributed by atoms with Crippen LogP contribution in [0.2, 0.25) is 0 Å². The van der Waals surface area contributed by atoms with Crippen molar-refractivity contribution in [1.82, 2.24) is 10.2 Å². The lowest BCUT2D eigenvalue weighted by Crippen LogP contribution is -2.27. The van der Waals surface area contributed by atoms with Gasteiger partial charge in [-0.05, 0) is 24.1 Å². The van der Waals surface area contributed by atoms with Gasteiger partial charge in [0.25, 0.3) is 0 Å². The van der Waals surface area contributed by atoms with Gasteiger partial charge in [0.2, 0.25) is 0 Å². The molecule has 1 fully saturated rings. The van der Waals surface area contributed by atoms with Gasteiger partial charge in [0.05, 0.1) is 0 Å². The molecule has 1 aromatic carbocycles. The third kappa shape index (κ3) is 1.88. The van der Waals surface area contributed by atoms with E-state index in [4.69, 9.17) is 5.73 Å². The van der Waals surface area contributed by atoms with Gasteiger partial charge < -0.3 is 16.0 Å². The molecule has 1 aliphatic rings. The molecule has 4 heteroatoms. The van der Waals surface area contributed by atoms with Gasteiger partial charge in [-0.25, -0.2) is 4.79 Å². The summed E-state index contributed by atoms with van der Waals surface area (Å²) in [7, 11) is 0. The van der Waals surface area contributed by atoms with Crippen molar-refractivity contribution in [3.05, 3.63) is 29.3 Å². The molecule has 80 valence electrons. The van der Waals surface area contributed by atoms with E-state index in [-0.39, 0.29) is 6.03 Å². The van der Waals surface area contributed by atoms with E-state index >= 15 is 0 Å². The lowest BCUT2D eigenvalue weighted by Gasteiger charge is -2.16. The molecule has 0 bridgehead atoms. The van der Waals surface area contributed by atoms with Gasteiger partial charge in [-0.15, -0.1) is 0 Å². The SMILES string of the molecule is Cc1c(N)cccc1CN1CCNC1=O. The fourth-order valence-corrected chi connectivity index (χ4v) is 1.74. The second kappa shape index (κ2) is 3.81. The summed E-state index contributed by atoms with van der Waals surface area (Å²) in [5.41, 5.74) is 8.78. The highest BCUT2D eigenvalue weighted by Crippen LogP contribution is 2.17. The van der Waals surface area contributed by atoms with Crippen molar-refractivity contribution in [1.29, 1.82) is 0 Å². The first kappa shape index (κ1) is 9.83. The van der Waals surface area contributed by atoms with Gasteiger partial charge in [0.15, 0.2) is 0 Å². The molecule has 1 saturated heterocycles. The zero-order valence-electron chi connectivity index (χ0n) is 8.79. The molecule has 0 atom stereocenters. The van der Waals surface area contributed by atoms with Crippen molar-refractivity contribution < 1.29 is 4.79 Å². The number of urea groups is 1. The molecule has 3 N–H and O–H groups in total. The van der Waals surface area contributed by atoms with Crippen molar-refractivity contribution in [2.75, 3.05) is 18.8 Å². The van der Waals surface area contributed by atoms with E-state index in [2.05, 4.69) is 5.32 Å². The van der Waals surface area contributed by atoms with Gasteiger partial charge in [0, 0.05) is 25.3 Å². The number of hydrogen-bond acceptors (Lipinski definition) is 2. The Morgan fingerprint density at radius 1 is 1.53 bits per heavy atom. The Bertz CT molecular complexity index is 389. The number of benzene rings is 1. The first-order chi connectivity index (χ1) is 7.18. The van der Waals surface area contributed by atoms with E-state index in [1.54, 1.807) is 4.90 Å². The number of rotatable bonds is 2. The molecular weight excluding hydrogens is 190 g/mol. The molecule has 1 aliphatic heterocycles. The van der Waals surface area contributed by atoms with Crippen LogP contribution in [0.25, 0.3) is 0 Å². The standard InChI is InChI=1S/C11H15N3O/c1-8-9(3-2-4-10(8)12)7-14-6-5-13-11(14)15/h2-4H,5-7,12H2,1H3,(H,13,15). The first-order valence-corrected chi connectivity index (χ1v) is 5.05. The smallest absolute Gasteiger partial charge is 0.317 e. The van der Waals surface area contributed by atoms with Gasteiger partial charge in [-0.1, -0.05) is 12.1 Å². The van der Waals surface area contributed by atoms with Crippen molar-refractivity contribution in [2.24, 2.45) is 0 Å². The second-order valence-electron chi connectivity index (χ2n) is 3.78. The molecule has 1 aromatic rings. The van der Waals surface area contributed by atoms with Gasteiger partial charge >= 0.3 is 6.03 Å². The summed E-state index contributed by atoms with van der Waals surface area (Å²) in [5, 5.41) is 2.78. The summed E-state index contributed by atoms with van der Waals surface area (Å²) in [6.45, 7) is 4.13. The van der Waals surface area contributed by atoms with Crippen LogP contribution in [0.1, 0.15) is 11.1 Å². The third-order valence-corrected chi connectivity index (χ3v) is 2.79. The number of nitrogen functional groups attached to an aromatic ring is 1. The average molecular weight is 205 g/mol. The number of carbonyl (C=O) groups excluding carboxylic acids is 1. The highest BCUT2D eigenvalue weighted by atomic mass is 16.2. The number of amides is 2. The Morgan fingerprint density at radius 2 is 2.33 bits per heavy atom. The fraction of sp³-hybridized carbons (Fsp3) is 0.364. The quantitative estimate of drug-likeness (QED) is 0.710. The lowest BCUT2D eigenvalue weighted by atomic mass is 10.1. The minimum atomic E-state index is 0.0109. The number of anilines is 1. The van der Waals surface area contributed by atoms with E-state index in [1.165, 1.54) is 0 Å². The van der Waals surface area contributed by atoms with Crippen molar-refractivity contribution in [2.45, 2.75) is 13.5 Å². The van der Waals surface area contributed by atoms with E-state index in [9.17, 15) is 4.79 Å². The van der Waals surface area contributed by atoms with E-state index in [1.807, 2.05) is 25.1 Å². The number of nitrogens with zero attached hydrogens (tertiary/aromatic N) is 1. The van der Waals surface area contributed by atoms with Crippen LogP contribution in [-0.4, -0.2) is 24.0 Å². The maximum atomic E-state index is 11.4. The Kier molecular flexibility index (Phi) is 2.49. The summed E-state index contributed by atoms with van der Waals surface area (Å²) in [6.07, 6.45) is 0. The van der Waals surface area contributed by atoms with Crippen LogP contribution in [0.4, 0.5) is 10.5 Å². The van der Waals surface area contributed by atoms with Crippen LogP contribution in [0.3, 0.4) is 0 Å². The van der Waals surface area contributed by atoms with E-state index in [0.717, 1.165) is 29.9 Å². The van der Waals surface area contributed by atoms with Crippen LogP contribution in [0, 0.1) is 6.92 Å². The summed E-state index contributed by atoms with van der Waals surface area (Å²) in [5.74, 6) is 0. The number of carbonyl (C=O) groups is 1. The number of nitrogens with one attached hydrogen (secondary N) is 1. The molecule has 4 nitrogen and oxygen atoms in total. The van der Waals surface area contributed by atoms with Gasteiger partial charge in [-0.3, -0.25) is 0 Å². The Labute approximate surface area is 89.1 Å². The van der Waals surface area contributed by atoms with Crippen LogP contribution in [-0.2, 0) is 6.54 Å². The maximum Gasteiger partial charge on any atom is 0.317 e. The summed E-state index contributed by atoms with van der Waals surface area (Å²) in [6, 6.07) is 5.82. The van der Waals surface area contributed by atoms with Crippen LogP contribution >= 0.6 is 0 Å². The molecule has 0 unspecified atom stereocenters. The third-order valence-electron chi connectivity index (χ3n) is 2.79. The molecule has 0 spiro atoms. The zero-order valence-corrected chi connectivity index (χ0v) is 8.79. The largest absolute Gasteiger partial charge is 0.399 e. The number of hydrogen-bond donors (Lipinski definition) is 2. The fourth-order valence-electron chi connectivity index (χ4n) is 1.74. The molecule has 2 rings (SSSR count). The summed E-state index contributed by atoms with van der Waals surface area (Å²) >= 11 is 0. The Hall–Kier alpha value is -1.71. The second-order valence-corrected chi connectivity index (χ2v) is 3.78. The minimum absolute atomic E-state index is 0.0109. The first-order valence-electron chi connectivity index (χ1n) is 5.05. The van der Waals surface area contributed by atoms with Crippen molar-refractivity contribution in [3.8, 4) is 0 Å². The molecular formula is C11H15N3O. The monoisotopic (exact) mass is 205 g/mol. The molecule has 0 aliphatic carbocycles. The van der Waals surface area contributed by atoms with Gasteiger partial charge in [-0.2, -0.15) is 0 Å². The zero-order chi connectivity index (χ0) is 10.8. The predicted molar refractivity (Wildman–Crippen MR) is 59.4 cm³/mol. The minimum Gasteiger partial charge on any atom is -0.399 e. The maximum absolute atomic E-state index is 11.4. The highest BCUT2D eigenvalue weighted by Gasteiger charge is 2.19. The van der Waals surface area contributed by atoms with Crippen molar-refractivity contribution in [3.63, 3.8) is 0 Å². The Balaban J connectivity index is 2.17. The van der Waals surface area contributed by atoms with E-state index < -0.39 is 0 Å². The topological polar surface area (TPSA) is 58.4 Å². The average Bonchev–Trinajstić information content (AvgIpc) is 2.60. The highest BCUT2D eigenvalue weighted by molar-refractivity contribution is 5.76. The van der Waals surface area contributed by atoms with E-state index in [0.29, 0.717) is 6.54 Å². The Morgan fingerprint density at radius 3 is 3.00 bits per heavy atom. The molecule has 2 amide bonds. The summed E-state index contributed by atoms with van der Waals surface area (Å²) in [4.78, 5) is 13.2.